The number of hydrogen-bond donors (Lipinski definition) is 2. The average Bonchev–Trinajstić information content (AvgIpc) is 3.39. The molecule has 0 aromatic heterocycles. The van der Waals surface area contributed by atoms with Gasteiger partial charge in [0.2, 0.25) is 5.91 Å². The minimum absolute atomic E-state index is 0.000676. The summed E-state index contributed by atoms with van der Waals surface area (Å²) in [5.41, 5.74) is -0.212. The molecule has 0 bridgehead atoms. The van der Waals surface area contributed by atoms with Crippen LogP contribution in [0.1, 0.15) is 146 Å². The van der Waals surface area contributed by atoms with Crippen LogP contribution in [-0.2, 0) is 28.7 Å². The number of carboxylic acids is 1. The lowest BCUT2D eigenvalue weighted by atomic mass is 9.33. The number of carboxylic acid groups (broad SMARTS) is 1. The van der Waals surface area contributed by atoms with Gasteiger partial charge in [-0.2, -0.15) is 0 Å². The van der Waals surface area contributed by atoms with E-state index in [0.717, 1.165) is 50.5 Å². The zero-order chi connectivity index (χ0) is 39.8. The van der Waals surface area contributed by atoms with Gasteiger partial charge in [0, 0.05) is 31.0 Å². The number of Topliss-reactive ketones (excluding diaryl/α,β-unsaturated/α-hetero) is 1. The van der Waals surface area contributed by atoms with Gasteiger partial charge >= 0.3 is 18.0 Å². The summed E-state index contributed by atoms with van der Waals surface area (Å²) in [6.45, 7) is 22.6. The van der Waals surface area contributed by atoms with E-state index < -0.39 is 28.9 Å². The van der Waals surface area contributed by atoms with Crippen LogP contribution < -0.4 is 5.32 Å². The summed E-state index contributed by atoms with van der Waals surface area (Å²) in [6, 6.07) is -0.0328. The highest BCUT2D eigenvalue weighted by Gasteiger charge is 2.71. The Kier molecular flexibility index (Phi) is 10.5. The first-order valence-electron chi connectivity index (χ1n) is 21.0. The number of fused-ring (bicyclic) bond motifs is 7. The molecule has 1 aliphatic heterocycles. The van der Waals surface area contributed by atoms with Gasteiger partial charge in [0.1, 0.15) is 6.10 Å². The van der Waals surface area contributed by atoms with Crippen molar-refractivity contribution in [2.45, 2.75) is 158 Å². The molecule has 54 heavy (non-hydrogen) atoms. The fraction of sp³-hybridized carbons (Fsp3) is 0.841. The van der Waals surface area contributed by atoms with Crippen LogP contribution in [0.5, 0.6) is 0 Å². The number of ether oxygens (including phenoxy) is 2. The highest BCUT2D eigenvalue weighted by Crippen LogP contribution is 2.77. The number of hydrogen-bond acceptors (Lipinski definition) is 7. The second-order valence-electron chi connectivity index (χ2n) is 20.4. The molecule has 2 amide bonds. The van der Waals surface area contributed by atoms with E-state index in [2.05, 4.69) is 53.8 Å². The van der Waals surface area contributed by atoms with Crippen molar-refractivity contribution >= 4 is 29.7 Å². The van der Waals surface area contributed by atoms with E-state index in [-0.39, 0.29) is 70.2 Å². The van der Waals surface area contributed by atoms with E-state index in [1.165, 1.54) is 5.57 Å². The van der Waals surface area contributed by atoms with Crippen LogP contribution in [0, 0.1) is 56.2 Å². The van der Waals surface area contributed by atoms with E-state index in [1.54, 1.807) is 20.8 Å². The number of carbonyl (C=O) groups is 5. The van der Waals surface area contributed by atoms with Gasteiger partial charge in [-0.15, -0.1) is 0 Å². The monoisotopic (exact) mass is 752 g/mol. The third-order valence-corrected chi connectivity index (χ3v) is 16.6. The second-order valence-corrected chi connectivity index (χ2v) is 20.4. The summed E-state index contributed by atoms with van der Waals surface area (Å²) in [5.74, 6) is -0.182. The molecule has 0 radical (unpaired) electrons. The second kappa shape index (κ2) is 13.9. The SMILES string of the molecule is CCOC(=O)NC1CCN(C(=O)[C@@]23CC[C@]4(C)[C@H](CC[C@@H]5[C@@]6(C)CC[C@H](OC(=O)CC(C)(C)C(=O)O)C(C)(C)[C@@H]6CC[C@]54C)C2=C(C(C)C)C(=O)C3)CC1. The van der Waals surface area contributed by atoms with Gasteiger partial charge in [0.05, 0.1) is 23.9 Å². The summed E-state index contributed by atoms with van der Waals surface area (Å²) in [6.07, 6.45) is 8.15. The van der Waals surface area contributed by atoms with E-state index in [4.69, 9.17) is 9.47 Å². The fourth-order valence-electron chi connectivity index (χ4n) is 13.6. The quantitative estimate of drug-likeness (QED) is 0.237. The van der Waals surface area contributed by atoms with Crippen molar-refractivity contribution in [1.82, 2.24) is 10.2 Å². The number of ketones is 1. The number of nitrogens with one attached hydrogen (secondary N) is 1. The molecule has 0 spiro atoms. The molecule has 4 saturated carbocycles. The third-order valence-electron chi connectivity index (χ3n) is 16.6. The molecule has 0 unspecified atom stereocenters. The third kappa shape index (κ3) is 6.22. The van der Waals surface area contributed by atoms with Gasteiger partial charge in [0.25, 0.3) is 0 Å². The number of rotatable bonds is 8. The van der Waals surface area contributed by atoms with Gasteiger partial charge in [0.15, 0.2) is 5.78 Å². The lowest BCUT2D eigenvalue weighted by molar-refractivity contribution is -0.233. The number of esters is 1. The van der Waals surface area contributed by atoms with E-state index in [0.29, 0.717) is 50.8 Å². The van der Waals surface area contributed by atoms with Crippen LogP contribution in [0.4, 0.5) is 4.79 Å². The largest absolute Gasteiger partial charge is 0.481 e. The molecular weight excluding hydrogens is 684 g/mol. The molecule has 6 rings (SSSR count). The van der Waals surface area contributed by atoms with Crippen molar-refractivity contribution in [3.8, 4) is 0 Å². The summed E-state index contributed by atoms with van der Waals surface area (Å²) >= 11 is 0. The number of alkyl carbamates (subject to hydrolysis) is 1. The first-order valence-corrected chi connectivity index (χ1v) is 21.0. The maximum Gasteiger partial charge on any atom is 0.407 e. The van der Waals surface area contributed by atoms with Gasteiger partial charge in [-0.1, -0.05) is 48.5 Å². The zero-order valence-corrected chi connectivity index (χ0v) is 34.8. The predicted octanol–water partition coefficient (Wildman–Crippen LogP) is 8.12. The molecule has 0 aromatic rings. The smallest absolute Gasteiger partial charge is 0.407 e. The average molecular weight is 753 g/mol. The molecule has 1 heterocycles. The van der Waals surface area contributed by atoms with Gasteiger partial charge in [-0.05, 0) is 136 Å². The summed E-state index contributed by atoms with van der Waals surface area (Å²) in [7, 11) is 0. The Bertz CT molecular complexity index is 1590. The fourth-order valence-corrected chi connectivity index (χ4v) is 13.6. The summed E-state index contributed by atoms with van der Waals surface area (Å²) in [4.78, 5) is 68.0. The highest BCUT2D eigenvalue weighted by molar-refractivity contribution is 6.07. The summed E-state index contributed by atoms with van der Waals surface area (Å²) < 4.78 is 11.3. The lowest BCUT2D eigenvalue weighted by Gasteiger charge is -2.72. The van der Waals surface area contributed by atoms with E-state index in [1.807, 2.05) is 4.90 Å². The Morgan fingerprint density at radius 1 is 0.889 bits per heavy atom. The van der Waals surface area contributed by atoms with Crippen molar-refractivity contribution < 1.29 is 38.6 Å². The van der Waals surface area contributed by atoms with Gasteiger partial charge < -0.3 is 24.8 Å². The predicted molar refractivity (Wildman–Crippen MR) is 205 cm³/mol. The number of piperidine rings is 1. The maximum atomic E-state index is 14.9. The maximum absolute atomic E-state index is 14.9. The molecule has 10 nitrogen and oxygen atoms in total. The number of nitrogens with zero attached hydrogens (tertiary/aromatic N) is 1. The standard InChI is InChI=1S/C44H68N2O8/c1-11-53-38(52)45-27-16-22-46(23-17-27)36(49)44-21-20-42(9)28(35(44)34(26(2)3)29(47)24-44)12-13-31-41(8)18-15-32(54-33(48)25-39(4,5)37(50)51)40(6,7)30(41)14-19-43(31,42)10/h26-28,30-32H,11-25H2,1-10H3,(H,45,52)(H,50,51)/t28-,30+,31-,32+,41+,42-,43-,44-/m1/s1. The molecule has 2 N–H and O–H groups in total. The molecular formula is C44H68N2O8. The Balaban J connectivity index is 1.26. The Morgan fingerprint density at radius 2 is 1.56 bits per heavy atom. The van der Waals surface area contributed by atoms with Crippen LogP contribution in [0.25, 0.3) is 0 Å². The van der Waals surface area contributed by atoms with Crippen molar-refractivity contribution in [1.29, 1.82) is 0 Å². The van der Waals surface area contributed by atoms with Crippen LogP contribution in [0.3, 0.4) is 0 Å². The number of aliphatic carboxylic acids is 1. The zero-order valence-electron chi connectivity index (χ0n) is 34.8. The van der Waals surface area contributed by atoms with E-state index in [9.17, 15) is 29.1 Å². The summed E-state index contributed by atoms with van der Waals surface area (Å²) in [5, 5.41) is 12.6. The molecule has 8 atom stereocenters. The topological polar surface area (TPSA) is 139 Å². The Hall–Kier alpha value is -2.91. The van der Waals surface area contributed by atoms with Crippen molar-refractivity contribution in [2.75, 3.05) is 19.7 Å². The molecule has 302 valence electrons. The molecule has 5 fully saturated rings. The molecule has 0 aromatic carbocycles. The minimum Gasteiger partial charge on any atom is -0.481 e. The minimum atomic E-state index is -1.18. The first-order chi connectivity index (χ1) is 25.1. The number of likely N-dealkylation sites (tertiary alicyclic amines) is 1. The molecule has 6 aliphatic rings. The van der Waals surface area contributed by atoms with Crippen LogP contribution in [0.15, 0.2) is 11.1 Å². The van der Waals surface area contributed by atoms with Crippen LogP contribution in [-0.4, -0.2) is 71.6 Å². The van der Waals surface area contributed by atoms with Crippen LogP contribution >= 0.6 is 0 Å². The van der Waals surface area contributed by atoms with Gasteiger partial charge in [-0.3, -0.25) is 19.2 Å². The molecule has 5 aliphatic carbocycles. The highest BCUT2D eigenvalue weighted by atomic mass is 16.5. The normalized spacial score (nSPS) is 37.8. The first kappa shape index (κ1) is 40.7. The number of allylic oxidation sites excluding steroid dienone is 1. The number of carbonyl (C=O) groups excluding carboxylic acids is 4. The molecule has 10 heteroatoms. The van der Waals surface area contributed by atoms with Crippen molar-refractivity contribution in [3.63, 3.8) is 0 Å². The Morgan fingerprint density at radius 3 is 2.17 bits per heavy atom. The van der Waals surface area contributed by atoms with Crippen LogP contribution in [0.2, 0.25) is 0 Å². The van der Waals surface area contributed by atoms with Crippen molar-refractivity contribution in [3.05, 3.63) is 11.1 Å². The lowest BCUT2D eigenvalue weighted by Crippen LogP contribution is -2.66. The molecule has 1 saturated heterocycles. The van der Waals surface area contributed by atoms with E-state index >= 15 is 0 Å². The number of amides is 2. The van der Waals surface area contributed by atoms with Crippen molar-refractivity contribution in [2.24, 2.45) is 56.2 Å². The van der Waals surface area contributed by atoms with Gasteiger partial charge in [-0.25, -0.2) is 4.79 Å². The Labute approximate surface area is 323 Å².